The van der Waals surface area contributed by atoms with Gasteiger partial charge in [-0.1, -0.05) is 63.6 Å². The van der Waals surface area contributed by atoms with Crippen molar-refractivity contribution in [2.75, 3.05) is 13.2 Å². The van der Waals surface area contributed by atoms with E-state index >= 15 is 0 Å². The number of nitrogens with one attached hydrogen (secondary N) is 2. The van der Waals surface area contributed by atoms with Crippen LogP contribution in [0.5, 0.6) is 0 Å². The molecule has 2 rings (SSSR count). The first-order valence-electron chi connectivity index (χ1n) is 15.3. The zero-order chi connectivity index (χ0) is 35.6. The average molecular weight is 665 g/mol. The molecule has 2 N–H and O–H groups in total. The van der Waals surface area contributed by atoms with Gasteiger partial charge in [-0.25, -0.2) is 8.78 Å². The number of halogens is 8. The third-order valence-electron chi connectivity index (χ3n) is 7.30. The van der Waals surface area contributed by atoms with Crippen molar-refractivity contribution in [3.05, 3.63) is 95.4 Å². The van der Waals surface area contributed by atoms with E-state index in [1.165, 1.54) is 25.3 Å². The summed E-state index contributed by atoms with van der Waals surface area (Å²) in [5.74, 6) is -1.38. The van der Waals surface area contributed by atoms with Crippen LogP contribution in [-0.4, -0.2) is 25.2 Å². The average Bonchev–Trinajstić information content (AvgIpc) is 3.43. The lowest BCUT2D eigenvalue weighted by atomic mass is 9.76. The Hall–Kier alpha value is -3.21. The highest BCUT2D eigenvalue weighted by molar-refractivity contribution is 5.87. The fraction of sp³-hybridized carbons (Fsp3) is 0.514. The number of hydrogen-bond donors (Lipinski definition) is 2. The van der Waals surface area contributed by atoms with Gasteiger partial charge in [0.2, 0.25) is 5.91 Å². The maximum atomic E-state index is 13.7. The van der Waals surface area contributed by atoms with E-state index in [4.69, 9.17) is 0 Å². The molecule has 1 aromatic carbocycles. The largest absolute Gasteiger partial charge is 0.416 e. The van der Waals surface area contributed by atoms with Crippen LogP contribution in [0, 0.1) is 5.41 Å². The Balaban J connectivity index is 0.00000143. The molecule has 0 heterocycles. The van der Waals surface area contributed by atoms with E-state index in [0.29, 0.717) is 37.1 Å². The Morgan fingerprint density at radius 1 is 1.04 bits per heavy atom. The van der Waals surface area contributed by atoms with Crippen LogP contribution in [0.4, 0.5) is 35.1 Å². The van der Waals surface area contributed by atoms with Gasteiger partial charge in [-0.15, -0.1) is 6.58 Å². The molecule has 260 valence electrons. The van der Waals surface area contributed by atoms with Crippen LogP contribution < -0.4 is 10.6 Å². The highest BCUT2D eigenvalue weighted by Gasteiger charge is 2.47. The zero-order valence-electron chi connectivity index (χ0n) is 27.4. The fourth-order valence-electron chi connectivity index (χ4n) is 5.12. The molecular formula is C35H48F8N2O. The van der Waals surface area contributed by atoms with Crippen molar-refractivity contribution in [2.24, 2.45) is 5.41 Å². The Morgan fingerprint density at radius 3 is 1.98 bits per heavy atom. The summed E-state index contributed by atoms with van der Waals surface area (Å²) in [6.45, 7) is 16.1. The SMILES string of the molecule is C/C=C(\CC)CCC.C=C(F)/C=C(\C=C/C)C1(C(=O)NCc2cc(C(F)(F)F)cc(C(F)(F)F)c2)CCC(NCC)C1.C=CCF. The molecule has 0 bridgehead atoms. The predicted molar refractivity (Wildman–Crippen MR) is 170 cm³/mol. The number of alkyl halides is 7. The monoisotopic (exact) mass is 664 g/mol. The van der Waals surface area contributed by atoms with Gasteiger partial charge in [-0.2, -0.15) is 26.3 Å². The summed E-state index contributed by atoms with van der Waals surface area (Å²) in [5.41, 5.74) is -2.57. The van der Waals surface area contributed by atoms with Crippen LogP contribution in [0.1, 0.15) is 89.8 Å². The first-order valence-corrected chi connectivity index (χ1v) is 15.3. The van der Waals surface area contributed by atoms with Crippen LogP contribution in [0.2, 0.25) is 0 Å². The minimum Gasteiger partial charge on any atom is -0.351 e. The van der Waals surface area contributed by atoms with Gasteiger partial charge in [0, 0.05) is 12.6 Å². The van der Waals surface area contributed by atoms with E-state index in [0.717, 1.165) is 6.08 Å². The minimum atomic E-state index is -4.99. The maximum Gasteiger partial charge on any atom is 0.416 e. The van der Waals surface area contributed by atoms with E-state index in [2.05, 4.69) is 50.6 Å². The van der Waals surface area contributed by atoms with Crippen LogP contribution in [0.25, 0.3) is 0 Å². The minimum absolute atomic E-state index is 0.0323. The van der Waals surface area contributed by atoms with E-state index in [-0.39, 0.29) is 24.1 Å². The summed E-state index contributed by atoms with van der Waals surface area (Å²) >= 11 is 0. The van der Waals surface area contributed by atoms with Gasteiger partial charge >= 0.3 is 12.4 Å². The van der Waals surface area contributed by atoms with Crippen molar-refractivity contribution in [3.8, 4) is 0 Å². The van der Waals surface area contributed by atoms with Crippen molar-refractivity contribution in [1.29, 1.82) is 0 Å². The van der Waals surface area contributed by atoms with Gasteiger partial charge in [-0.3, -0.25) is 4.79 Å². The van der Waals surface area contributed by atoms with E-state index < -0.39 is 53.8 Å². The second-order valence-electron chi connectivity index (χ2n) is 10.7. The van der Waals surface area contributed by atoms with Gasteiger partial charge < -0.3 is 10.6 Å². The Labute approximate surface area is 268 Å². The third kappa shape index (κ3) is 14.5. The van der Waals surface area contributed by atoms with E-state index in [1.807, 2.05) is 6.92 Å². The molecule has 2 unspecified atom stereocenters. The quantitative estimate of drug-likeness (QED) is 0.133. The molecule has 2 atom stereocenters. The van der Waals surface area contributed by atoms with Crippen molar-refractivity contribution < 1.29 is 39.9 Å². The molecule has 1 fully saturated rings. The molecule has 11 heteroatoms. The first-order chi connectivity index (χ1) is 21.5. The van der Waals surface area contributed by atoms with Gasteiger partial charge in [0.1, 0.15) is 12.5 Å². The summed E-state index contributed by atoms with van der Waals surface area (Å²) < 4.78 is 103. The lowest BCUT2D eigenvalue weighted by Gasteiger charge is -2.30. The smallest absolute Gasteiger partial charge is 0.351 e. The van der Waals surface area contributed by atoms with Crippen molar-refractivity contribution in [1.82, 2.24) is 10.6 Å². The van der Waals surface area contributed by atoms with Gasteiger partial charge in [0.05, 0.1) is 16.5 Å². The Morgan fingerprint density at radius 2 is 1.61 bits per heavy atom. The number of rotatable bonds is 12. The molecule has 1 aromatic rings. The highest BCUT2D eigenvalue weighted by atomic mass is 19.4. The number of allylic oxidation sites excluding steroid dienone is 7. The van der Waals surface area contributed by atoms with Crippen LogP contribution in [0.3, 0.4) is 0 Å². The molecule has 0 spiro atoms. The van der Waals surface area contributed by atoms with Crippen molar-refractivity contribution in [3.63, 3.8) is 0 Å². The Bertz CT molecular complexity index is 1170. The molecule has 1 saturated carbocycles. The lowest BCUT2D eigenvalue weighted by Crippen LogP contribution is -2.41. The van der Waals surface area contributed by atoms with Crippen LogP contribution >= 0.6 is 0 Å². The molecule has 1 amide bonds. The van der Waals surface area contributed by atoms with Crippen molar-refractivity contribution >= 4 is 5.91 Å². The first kappa shape index (κ1) is 42.8. The standard InChI is InChI=1S/C24H27F7N2O.C8H16.C3H5F/c1-4-6-17(9-15(3)25)22(8-7-20(13-22)32-5-2)21(34)33-14-16-10-18(23(26,27)28)12-19(11-16)24(29,30)31;1-4-7-8(5-2)6-3;1-2-3-4/h4,6,9-12,20,32H,3,5,7-8,13-14H2,1-2H3,(H,33,34);5H,4,6-7H2,1-3H3;2H,1,3H2/b6-4-,17-9+;8-5+;. The van der Waals surface area contributed by atoms with Crippen LogP contribution in [-0.2, 0) is 23.7 Å². The Kier molecular flexibility index (Phi) is 19.4. The second-order valence-corrected chi connectivity index (χ2v) is 10.7. The molecular weight excluding hydrogens is 616 g/mol. The van der Waals surface area contributed by atoms with Crippen LogP contribution in [0.15, 0.2) is 78.7 Å². The number of carbonyl (C=O) groups is 1. The summed E-state index contributed by atoms with van der Waals surface area (Å²) in [7, 11) is 0. The normalized spacial score (nSPS) is 18.8. The number of hydrogen-bond acceptors (Lipinski definition) is 2. The fourth-order valence-corrected chi connectivity index (χ4v) is 5.12. The molecule has 0 aliphatic heterocycles. The van der Waals surface area contributed by atoms with E-state index in [1.54, 1.807) is 24.6 Å². The number of carbonyl (C=O) groups excluding carboxylic acids is 1. The lowest BCUT2D eigenvalue weighted by molar-refractivity contribution is -0.143. The second kappa shape index (κ2) is 20.8. The molecule has 3 nitrogen and oxygen atoms in total. The summed E-state index contributed by atoms with van der Waals surface area (Å²) in [5, 5.41) is 5.71. The number of benzene rings is 1. The van der Waals surface area contributed by atoms with Gasteiger partial charge in [-0.05, 0) is 87.9 Å². The molecule has 1 aliphatic carbocycles. The molecule has 46 heavy (non-hydrogen) atoms. The van der Waals surface area contributed by atoms with Gasteiger partial charge in [0.15, 0.2) is 0 Å². The predicted octanol–water partition coefficient (Wildman–Crippen LogP) is 10.8. The molecule has 0 aromatic heterocycles. The summed E-state index contributed by atoms with van der Waals surface area (Å²) in [4.78, 5) is 13.3. The van der Waals surface area contributed by atoms with Crippen molar-refractivity contribution in [2.45, 2.75) is 98.1 Å². The topological polar surface area (TPSA) is 41.1 Å². The number of amides is 1. The molecule has 0 radical (unpaired) electrons. The summed E-state index contributed by atoms with van der Waals surface area (Å²) in [6, 6.07) is 1.11. The summed E-state index contributed by atoms with van der Waals surface area (Å²) in [6.07, 6.45) is 2.73. The van der Waals surface area contributed by atoms with Gasteiger partial charge in [0.25, 0.3) is 0 Å². The zero-order valence-corrected chi connectivity index (χ0v) is 27.4. The third-order valence-corrected chi connectivity index (χ3v) is 7.30. The molecule has 0 saturated heterocycles. The maximum absolute atomic E-state index is 13.7. The highest BCUT2D eigenvalue weighted by Crippen LogP contribution is 2.46. The molecule has 1 aliphatic rings. The van der Waals surface area contributed by atoms with E-state index in [9.17, 15) is 39.9 Å².